The van der Waals surface area contributed by atoms with Crippen LogP contribution in [0.4, 0.5) is 5.69 Å². The summed E-state index contributed by atoms with van der Waals surface area (Å²) in [5.74, 6) is 1.46. The van der Waals surface area contributed by atoms with E-state index in [-0.39, 0.29) is 5.91 Å². The van der Waals surface area contributed by atoms with Crippen molar-refractivity contribution < 1.29 is 13.9 Å². The zero-order chi connectivity index (χ0) is 21.1. The molecule has 4 rings (SSSR count). The number of ether oxygens (including phenoxy) is 1. The van der Waals surface area contributed by atoms with E-state index < -0.39 is 0 Å². The van der Waals surface area contributed by atoms with Crippen LogP contribution in [0.3, 0.4) is 0 Å². The molecule has 6 heteroatoms. The lowest BCUT2D eigenvalue weighted by atomic mass is 10.2. The number of nitrogens with zero attached hydrogens (tertiary/aromatic N) is 1. The fourth-order valence-corrected chi connectivity index (χ4v) is 3.49. The number of anilines is 1. The van der Waals surface area contributed by atoms with E-state index in [0.29, 0.717) is 46.5 Å². The van der Waals surface area contributed by atoms with Crippen LogP contribution in [0.1, 0.15) is 24.2 Å². The van der Waals surface area contributed by atoms with Gasteiger partial charge in [0.25, 0.3) is 5.91 Å². The van der Waals surface area contributed by atoms with Gasteiger partial charge in [-0.2, -0.15) is 0 Å². The Bertz CT molecular complexity index is 1200. The highest BCUT2D eigenvalue weighted by atomic mass is 127. The van der Waals surface area contributed by atoms with Crippen LogP contribution in [-0.4, -0.2) is 17.5 Å². The summed E-state index contributed by atoms with van der Waals surface area (Å²) < 4.78 is 12.7. The maximum Gasteiger partial charge on any atom is 0.255 e. The molecule has 5 nitrogen and oxygen atoms in total. The second-order valence-electron chi connectivity index (χ2n) is 7.40. The Balaban J connectivity index is 1.52. The largest absolute Gasteiger partial charge is 0.493 e. The second kappa shape index (κ2) is 8.87. The van der Waals surface area contributed by atoms with Crippen LogP contribution in [-0.2, 0) is 0 Å². The second-order valence-corrected chi connectivity index (χ2v) is 8.64. The summed E-state index contributed by atoms with van der Waals surface area (Å²) in [4.78, 5) is 17.3. The minimum Gasteiger partial charge on any atom is -0.493 e. The van der Waals surface area contributed by atoms with Gasteiger partial charge in [-0.05, 0) is 83.1 Å². The van der Waals surface area contributed by atoms with Crippen LogP contribution < -0.4 is 10.1 Å². The van der Waals surface area contributed by atoms with Crippen molar-refractivity contribution in [3.05, 3.63) is 75.9 Å². The number of oxazole rings is 1. The van der Waals surface area contributed by atoms with E-state index in [1.54, 1.807) is 12.1 Å². The standard InChI is InChI=1S/C24H21IN2O3/c1-15(2)14-29-20-8-4-5-16(12-20)23(28)26-19-9-10-22-21(13-19)27-24(30-22)17-6-3-7-18(25)11-17/h3-13,15H,14H2,1-2H3,(H,26,28). The quantitative estimate of drug-likeness (QED) is 0.305. The molecule has 0 unspecified atom stereocenters. The SMILES string of the molecule is CC(C)COc1cccc(C(=O)Nc2ccc3oc(-c4cccc(I)c4)nc3c2)c1. The van der Waals surface area contributed by atoms with Gasteiger partial charge >= 0.3 is 0 Å². The molecule has 0 bridgehead atoms. The molecular weight excluding hydrogens is 491 g/mol. The molecule has 0 atom stereocenters. The van der Waals surface area contributed by atoms with Gasteiger partial charge in [-0.1, -0.05) is 26.0 Å². The first-order valence-corrected chi connectivity index (χ1v) is 10.8. The zero-order valence-corrected chi connectivity index (χ0v) is 18.8. The lowest BCUT2D eigenvalue weighted by Gasteiger charge is -2.10. The fraction of sp³-hybridized carbons (Fsp3) is 0.167. The van der Waals surface area contributed by atoms with Crippen LogP contribution in [0.25, 0.3) is 22.6 Å². The van der Waals surface area contributed by atoms with Crippen molar-refractivity contribution >= 4 is 45.3 Å². The Morgan fingerprint density at radius 1 is 1.10 bits per heavy atom. The van der Waals surface area contributed by atoms with Crippen LogP contribution in [0.15, 0.2) is 71.1 Å². The lowest BCUT2D eigenvalue weighted by molar-refractivity contribution is 0.102. The molecule has 0 aliphatic rings. The normalized spacial score (nSPS) is 11.1. The topological polar surface area (TPSA) is 64.4 Å². The first-order chi connectivity index (χ1) is 14.5. The van der Waals surface area contributed by atoms with Gasteiger partial charge in [0.2, 0.25) is 5.89 Å². The molecule has 0 radical (unpaired) electrons. The molecular formula is C24H21IN2O3. The van der Waals surface area contributed by atoms with Gasteiger partial charge in [-0.25, -0.2) is 4.98 Å². The number of carbonyl (C=O) groups is 1. The third kappa shape index (κ3) is 4.81. The van der Waals surface area contributed by atoms with E-state index >= 15 is 0 Å². The van der Waals surface area contributed by atoms with Gasteiger partial charge in [0.15, 0.2) is 5.58 Å². The van der Waals surface area contributed by atoms with Crippen molar-refractivity contribution in [2.45, 2.75) is 13.8 Å². The maximum atomic E-state index is 12.7. The molecule has 1 heterocycles. The average molecular weight is 512 g/mol. The molecule has 1 aromatic heterocycles. The minimum absolute atomic E-state index is 0.203. The molecule has 3 aromatic carbocycles. The summed E-state index contributed by atoms with van der Waals surface area (Å²) >= 11 is 2.26. The molecule has 30 heavy (non-hydrogen) atoms. The van der Waals surface area contributed by atoms with Crippen LogP contribution in [0.5, 0.6) is 5.75 Å². The van der Waals surface area contributed by atoms with E-state index in [9.17, 15) is 4.79 Å². The highest BCUT2D eigenvalue weighted by Gasteiger charge is 2.12. The monoisotopic (exact) mass is 512 g/mol. The van der Waals surface area contributed by atoms with Crippen molar-refractivity contribution in [3.8, 4) is 17.2 Å². The number of halogens is 1. The molecule has 0 aliphatic heterocycles. The van der Waals surface area contributed by atoms with Crippen molar-refractivity contribution in [2.75, 3.05) is 11.9 Å². The van der Waals surface area contributed by atoms with Gasteiger partial charge in [-0.3, -0.25) is 4.79 Å². The fourth-order valence-electron chi connectivity index (χ4n) is 2.94. The number of carbonyl (C=O) groups excluding carboxylic acids is 1. The third-order valence-corrected chi connectivity index (χ3v) is 5.07. The van der Waals surface area contributed by atoms with Gasteiger partial charge in [0, 0.05) is 20.4 Å². The Kier molecular flexibility index (Phi) is 6.03. The molecule has 0 spiro atoms. The Morgan fingerprint density at radius 3 is 2.73 bits per heavy atom. The van der Waals surface area contributed by atoms with E-state index in [1.165, 1.54) is 0 Å². The average Bonchev–Trinajstić information content (AvgIpc) is 3.16. The third-order valence-electron chi connectivity index (χ3n) is 4.40. The predicted molar refractivity (Wildman–Crippen MR) is 127 cm³/mol. The lowest BCUT2D eigenvalue weighted by Crippen LogP contribution is -2.12. The Hall–Kier alpha value is -2.87. The van der Waals surface area contributed by atoms with Crippen molar-refractivity contribution in [1.29, 1.82) is 0 Å². The van der Waals surface area contributed by atoms with Gasteiger partial charge < -0.3 is 14.5 Å². The molecule has 0 fully saturated rings. The molecule has 1 amide bonds. The highest BCUT2D eigenvalue weighted by molar-refractivity contribution is 14.1. The molecule has 1 N–H and O–H groups in total. The molecule has 4 aromatic rings. The Morgan fingerprint density at radius 2 is 1.93 bits per heavy atom. The van der Waals surface area contributed by atoms with Crippen molar-refractivity contribution in [3.63, 3.8) is 0 Å². The van der Waals surface area contributed by atoms with E-state index in [1.807, 2.05) is 54.6 Å². The molecule has 0 saturated carbocycles. The molecule has 0 aliphatic carbocycles. The summed E-state index contributed by atoms with van der Waals surface area (Å²) in [6.45, 7) is 4.78. The summed E-state index contributed by atoms with van der Waals surface area (Å²) in [7, 11) is 0. The molecule has 152 valence electrons. The minimum atomic E-state index is -0.203. The van der Waals surface area contributed by atoms with E-state index in [2.05, 4.69) is 46.7 Å². The van der Waals surface area contributed by atoms with Gasteiger partial charge in [-0.15, -0.1) is 0 Å². The number of aromatic nitrogens is 1. The number of amides is 1. The summed E-state index contributed by atoms with van der Waals surface area (Å²) in [6, 6.07) is 20.6. The number of fused-ring (bicyclic) bond motifs is 1. The summed E-state index contributed by atoms with van der Waals surface area (Å²) in [5, 5.41) is 2.92. The van der Waals surface area contributed by atoms with E-state index in [4.69, 9.17) is 9.15 Å². The first kappa shape index (κ1) is 20.4. The predicted octanol–water partition coefficient (Wildman–Crippen LogP) is 6.39. The number of hydrogen-bond donors (Lipinski definition) is 1. The first-order valence-electron chi connectivity index (χ1n) is 9.69. The summed E-state index contributed by atoms with van der Waals surface area (Å²) in [6.07, 6.45) is 0. The number of nitrogens with one attached hydrogen (secondary N) is 1. The number of hydrogen-bond acceptors (Lipinski definition) is 4. The maximum absolute atomic E-state index is 12.7. The summed E-state index contributed by atoms with van der Waals surface area (Å²) in [5.41, 5.74) is 3.48. The van der Waals surface area contributed by atoms with Gasteiger partial charge in [0.05, 0.1) is 6.61 Å². The van der Waals surface area contributed by atoms with Crippen LogP contribution in [0.2, 0.25) is 0 Å². The van der Waals surface area contributed by atoms with E-state index in [0.717, 1.165) is 9.13 Å². The smallest absolute Gasteiger partial charge is 0.255 e. The number of rotatable bonds is 6. The number of benzene rings is 3. The van der Waals surface area contributed by atoms with Crippen molar-refractivity contribution in [1.82, 2.24) is 4.98 Å². The molecule has 0 saturated heterocycles. The Labute approximate surface area is 188 Å². The van der Waals surface area contributed by atoms with Crippen LogP contribution >= 0.6 is 22.6 Å². The van der Waals surface area contributed by atoms with Crippen molar-refractivity contribution in [2.24, 2.45) is 5.92 Å². The highest BCUT2D eigenvalue weighted by Crippen LogP contribution is 2.27. The van der Waals surface area contributed by atoms with Crippen LogP contribution in [0, 0.1) is 9.49 Å². The van der Waals surface area contributed by atoms with Gasteiger partial charge in [0.1, 0.15) is 11.3 Å². The zero-order valence-electron chi connectivity index (χ0n) is 16.7.